The van der Waals surface area contributed by atoms with Crippen molar-refractivity contribution in [3.05, 3.63) is 0 Å². The van der Waals surface area contributed by atoms with E-state index in [0.29, 0.717) is 25.7 Å². The second-order valence-corrected chi connectivity index (χ2v) is 32.6. The van der Waals surface area contributed by atoms with Gasteiger partial charge in [-0.3, -0.25) is 37.3 Å². The number of phosphoric ester groups is 2. The zero-order valence-corrected chi connectivity index (χ0v) is 66.0. The van der Waals surface area contributed by atoms with Crippen LogP contribution in [0.4, 0.5) is 0 Å². The molecule has 0 bridgehead atoms. The molecule has 0 fully saturated rings. The Bertz CT molecular complexity index is 1910. The van der Waals surface area contributed by atoms with Crippen molar-refractivity contribution in [3.63, 3.8) is 0 Å². The van der Waals surface area contributed by atoms with E-state index in [0.717, 1.165) is 114 Å². The van der Waals surface area contributed by atoms with E-state index in [1.165, 1.54) is 212 Å². The van der Waals surface area contributed by atoms with Crippen LogP contribution in [-0.2, 0) is 65.4 Å². The maximum Gasteiger partial charge on any atom is 0.472 e. The number of phosphoric acid groups is 2. The van der Waals surface area contributed by atoms with Gasteiger partial charge in [-0.25, -0.2) is 9.13 Å². The van der Waals surface area contributed by atoms with E-state index in [1.807, 2.05) is 0 Å². The van der Waals surface area contributed by atoms with Crippen molar-refractivity contribution in [1.82, 2.24) is 0 Å². The summed E-state index contributed by atoms with van der Waals surface area (Å²) in [4.78, 5) is 72.8. The van der Waals surface area contributed by atoms with Crippen LogP contribution in [0.2, 0.25) is 0 Å². The average Bonchev–Trinajstić information content (AvgIpc) is 1.06. The maximum absolute atomic E-state index is 13.1. The summed E-state index contributed by atoms with van der Waals surface area (Å²) in [5.74, 6) is 0.233. The van der Waals surface area contributed by atoms with Gasteiger partial charge in [0, 0.05) is 25.7 Å². The van der Waals surface area contributed by atoms with Gasteiger partial charge in [-0.05, 0) is 43.4 Å². The quantitative estimate of drug-likeness (QED) is 0.0222. The van der Waals surface area contributed by atoms with Gasteiger partial charge in [0.05, 0.1) is 26.4 Å². The molecular formula is C79H154O17P2. The Kier molecular flexibility index (Phi) is 68.1. The molecular weight excluding hydrogens is 1280 g/mol. The van der Waals surface area contributed by atoms with Crippen molar-refractivity contribution in [3.8, 4) is 0 Å². The van der Waals surface area contributed by atoms with E-state index in [1.54, 1.807) is 0 Å². The predicted molar refractivity (Wildman–Crippen MR) is 400 cm³/mol. The highest BCUT2D eigenvalue weighted by atomic mass is 31.2. The van der Waals surface area contributed by atoms with Gasteiger partial charge >= 0.3 is 39.5 Å². The fourth-order valence-corrected chi connectivity index (χ4v) is 13.7. The van der Waals surface area contributed by atoms with Crippen molar-refractivity contribution in [2.75, 3.05) is 39.6 Å². The number of rotatable bonds is 77. The first-order chi connectivity index (χ1) is 47.3. The van der Waals surface area contributed by atoms with Crippen molar-refractivity contribution >= 4 is 39.5 Å². The molecule has 0 aliphatic carbocycles. The summed E-state index contributed by atoms with van der Waals surface area (Å²) in [5, 5.41) is 10.6. The molecule has 0 saturated heterocycles. The molecule has 19 heteroatoms. The first-order valence-electron chi connectivity index (χ1n) is 40.9. The molecule has 0 amide bonds. The minimum Gasteiger partial charge on any atom is -0.462 e. The number of ether oxygens (including phenoxy) is 4. The standard InChI is InChI=1S/C79H154O17P2/c1-8-10-11-12-13-38-46-53-60-76(81)89-67-75(96-79(84)63-56-49-42-41-45-52-59-72(7)9-2)69-94-98(87,88)92-65-73(80)64-91-97(85,86)93-68-74(66-90-77(82)61-54-47-39-34-30-26-22-19-18-21-25-29-33-37-44-51-58-71(5)6)95-78(83)62-55-48-40-35-31-27-23-17-15-14-16-20-24-28-32-36-43-50-57-70(3)4/h70-75,80H,8-69H2,1-7H3,(H,85,86)(H,87,88)/t72?,73-,74-,75-/m1/s1. The van der Waals surface area contributed by atoms with Crippen LogP contribution in [0.25, 0.3) is 0 Å². The van der Waals surface area contributed by atoms with Crippen molar-refractivity contribution in [2.24, 2.45) is 17.8 Å². The van der Waals surface area contributed by atoms with Crippen LogP contribution in [0.5, 0.6) is 0 Å². The average molecular weight is 1440 g/mol. The zero-order valence-electron chi connectivity index (χ0n) is 64.3. The lowest BCUT2D eigenvalue weighted by atomic mass is 10.00. The number of carbonyl (C=O) groups is 4. The van der Waals surface area contributed by atoms with Gasteiger partial charge in [-0.2, -0.15) is 0 Å². The Morgan fingerprint density at radius 2 is 0.520 bits per heavy atom. The maximum atomic E-state index is 13.1. The number of unbranched alkanes of at least 4 members (excludes halogenated alkanes) is 44. The molecule has 17 nitrogen and oxygen atoms in total. The summed E-state index contributed by atoms with van der Waals surface area (Å²) in [6.45, 7) is 11.9. The smallest absolute Gasteiger partial charge is 0.462 e. The van der Waals surface area contributed by atoms with Crippen LogP contribution in [0.1, 0.15) is 408 Å². The van der Waals surface area contributed by atoms with Crippen molar-refractivity contribution in [1.29, 1.82) is 0 Å². The van der Waals surface area contributed by atoms with Gasteiger partial charge in [-0.1, -0.05) is 357 Å². The van der Waals surface area contributed by atoms with Gasteiger partial charge in [-0.15, -0.1) is 0 Å². The van der Waals surface area contributed by atoms with Gasteiger partial charge in [0.25, 0.3) is 0 Å². The largest absolute Gasteiger partial charge is 0.472 e. The third kappa shape index (κ3) is 71.1. The van der Waals surface area contributed by atoms with E-state index in [9.17, 15) is 43.2 Å². The molecule has 3 unspecified atom stereocenters. The Balaban J connectivity index is 5.17. The molecule has 0 rings (SSSR count). The van der Waals surface area contributed by atoms with Gasteiger partial charge in [0.2, 0.25) is 0 Å². The second kappa shape index (κ2) is 69.4. The first-order valence-corrected chi connectivity index (χ1v) is 43.9. The molecule has 0 aliphatic heterocycles. The molecule has 0 aromatic carbocycles. The number of aliphatic hydroxyl groups excluding tert-OH is 1. The third-order valence-electron chi connectivity index (χ3n) is 18.7. The highest BCUT2D eigenvalue weighted by Gasteiger charge is 2.30. The number of aliphatic hydroxyl groups is 1. The Morgan fingerprint density at radius 3 is 0.776 bits per heavy atom. The highest BCUT2D eigenvalue weighted by molar-refractivity contribution is 7.47. The molecule has 0 spiro atoms. The molecule has 3 N–H and O–H groups in total. The molecule has 0 heterocycles. The number of hydrogen-bond acceptors (Lipinski definition) is 15. The summed E-state index contributed by atoms with van der Waals surface area (Å²) in [7, 11) is -9.91. The molecule has 0 aromatic rings. The highest BCUT2D eigenvalue weighted by Crippen LogP contribution is 2.45. The van der Waals surface area contributed by atoms with Gasteiger partial charge in [0.15, 0.2) is 12.2 Å². The summed E-state index contributed by atoms with van der Waals surface area (Å²) < 4.78 is 68.5. The summed E-state index contributed by atoms with van der Waals surface area (Å²) in [6.07, 6.45) is 57.2. The number of hydrogen-bond donors (Lipinski definition) is 3. The summed E-state index contributed by atoms with van der Waals surface area (Å²) >= 11 is 0. The van der Waals surface area contributed by atoms with Crippen LogP contribution < -0.4 is 0 Å². The minimum atomic E-state index is -4.96. The van der Waals surface area contributed by atoms with E-state index < -0.39 is 97.5 Å². The number of esters is 4. The molecule has 0 radical (unpaired) electrons. The minimum absolute atomic E-state index is 0.103. The monoisotopic (exact) mass is 1440 g/mol. The lowest BCUT2D eigenvalue weighted by molar-refractivity contribution is -0.161. The third-order valence-corrected chi connectivity index (χ3v) is 20.6. The molecule has 98 heavy (non-hydrogen) atoms. The topological polar surface area (TPSA) is 237 Å². The van der Waals surface area contributed by atoms with Crippen molar-refractivity contribution < 1.29 is 80.2 Å². The SMILES string of the molecule is CCCCCCCCCCC(=O)OC[C@H](COP(=O)(O)OC[C@H](O)COP(=O)(O)OC[C@@H](COC(=O)CCCCCCCCCCCCCCCCCCC(C)C)OC(=O)CCCCCCCCCCCCCCCCCCCCC(C)C)OC(=O)CCCCCCCCC(C)CC. The van der Waals surface area contributed by atoms with E-state index in [2.05, 4.69) is 48.5 Å². The fraction of sp³-hybridized carbons (Fsp3) is 0.949. The molecule has 0 saturated carbocycles. The number of carbonyl (C=O) groups excluding carboxylic acids is 4. The van der Waals surface area contributed by atoms with E-state index >= 15 is 0 Å². The van der Waals surface area contributed by atoms with E-state index in [-0.39, 0.29) is 25.7 Å². The first kappa shape index (κ1) is 96.1. The van der Waals surface area contributed by atoms with Crippen LogP contribution in [0.15, 0.2) is 0 Å². The fourth-order valence-electron chi connectivity index (χ4n) is 12.1. The molecule has 582 valence electrons. The van der Waals surface area contributed by atoms with Crippen LogP contribution in [0, 0.1) is 17.8 Å². The zero-order chi connectivity index (χ0) is 72.3. The predicted octanol–water partition coefficient (Wildman–Crippen LogP) is 23.4. The van der Waals surface area contributed by atoms with Crippen LogP contribution in [-0.4, -0.2) is 96.7 Å². The van der Waals surface area contributed by atoms with Gasteiger partial charge < -0.3 is 33.8 Å². The lowest BCUT2D eigenvalue weighted by Crippen LogP contribution is -2.30. The summed E-state index contributed by atoms with van der Waals surface area (Å²) in [6, 6.07) is 0. The Hall–Kier alpha value is -1.94. The van der Waals surface area contributed by atoms with Crippen molar-refractivity contribution in [2.45, 2.75) is 426 Å². The normalized spacial score (nSPS) is 14.3. The Labute approximate surface area is 600 Å². The molecule has 6 atom stereocenters. The molecule has 0 aromatic heterocycles. The van der Waals surface area contributed by atoms with Crippen LogP contribution >= 0.6 is 15.6 Å². The Morgan fingerprint density at radius 1 is 0.296 bits per heavy atom. The van der Waals surface area contributed by atoms with E-state index in [4.69, 9.17) is 37.0 Å². The molecule has 0 aliphatic rings. The second-order valence-electron chi connectivity index (χ2n) is 29.6. The summed E-state index contributed by atoms with van der Waals surface area (Å²) in [5.41, 5.74) is 0. The lowest BCUT2D eigenvalue weighted by Gasteiger charge is -2.21. The van der Waals surface area contributed by atoms with Gasteiger partial charge in [0.1, 0.15) is 19.3 Å². The van der Waals surface area contributed by atoms with Crippen LogP contribution in [0.3, 0.4) is 0 Å².